The number of benzene rings is 2. The molecule has 0 aromatic heterocycles. The number of anilines is 1. The Hall–Kier alpha value is -1.65. The maximum absolute atomic E-state index is 11.9. The largest absolute Gasteiger partial charge is 0.335 e. The Labute approximate surface area is 133 Å². The molecule has 0 bridgehead atoms. The molecule has 4 heteroatoms. The Morgan fingerprint density at radius 2 is 1.76 bits per heavy atom. The molecule has 0 fully saturated rings. The van der Waals surface area contributed by atoms with E-state index in [-0.39, 0.29) is 5.91 Å². The molecule has 110 valence electrons. The van der Waals surface area contributed by atoms with E-state index in [1.54, 1.807) is 0 Å². The van der Waals surface area contributed by atoms with Crippen LogP contribution < -0.4 is 10.6 Å². The molecule has 21 heavy (non-hydrogen) atoms. The molecule has 2 aromatic rings. The van der Waals surface area contributed by atoms with E-state index < -0.39 is 0 Å². The summed E-state index contributed by atoms with van der Waals surface area (Å²) in [7, 11) is 0. The van der Waals surface area contributed by atoms with Crippen molar-refractivity contribution in [3.63, 3.8) is 0 Å². The lowest BCUT2D eigenvalue weighted by atomic mass is 10.1. The van der Waals surface area contributed by atoms with Crippen LogP contribution in [0.5, 0.6) is 0 Å². The molecule has 2 rings (SSSR count). The quantitative estimate of drug-likeness (QED) is 0.858. The van der Waals surface area contributed by atoms with E-state index in [1.807, 2.05) is 30.4 Å². The van der Waals surface area contributed by atoms with Crippen molar-refractivity contribution in [3.8, 4) is 0 Å². The fourth-order valence-electron chi connectivity index (χ4n) is 2.02. The summed E-state index contributed by atoms with van der Waals surface area (Å²) in [6.07, 6.45) is 0. The molecule has 2 aromatic carbocycles. The van der Waals surface area contributed by atoms with Crippen molar-refractivity contribution < 1.29 is 10.1 Å². The van der Waals surface area contributed by atoms with Crippen LogP contribution in [0.25, 0.3) is 0 Å². The molecule has 0 aliphatic rings. The second kappa shape index (κ2) is 7.38. The van der Waals surface area contributed by atoms with Crippen LogP contribution in [-0.2, 0) is 11.3 Å². The second-order valence-corrected chi connectivity index (χ2v) is 6.07. The molecule has 3 N–H and O–H groups in total. The van der Waals surface area contributed by atoms with Gasteiger partial charge in [0.25, 0.3) is 5.91 Å². The van der Waals surface area contributed by atoms with Gasteiger partial charge >= 0.3 is 0 Å². The van der Waals surface area contributed by atoms with E-state index in [4.69, 9.17) is 0 Å². The summed E-state index contributed by atoms with van der Waals surface area (Å²) in [5, 5.41) is 4.92. The standard InChI is InChI=1S/C17H19BrN2O/c1-12-3-6-14(7-4-12)10-19-11-17(21)20-16-8-5-13(2)9-15(16)18/h3-9,19H,10-11H2,1-2H3,(H,20,21)/p+1. The second-order valence-electron chi connectivity index (χ2n) is 5.21. The van der Waals surface area contributed by atoms with E-state index in [2.05, 4.69) is 52.4 Å². The lowest BCUT2D eigenvalue weighted by Gasteiger charge is -2.07. The SMILES string of the molecule is Cc1ccc(C[NH2+]CC(=O)Nc2ccc(C)cc2Br)cc1. The Bertz CT molecular complexity index is 623. The van der Waals surface area contributed by atoms with Gasteiger partial charge in [-0.1, -0.05) is 35.9 Å². The highest BCUT2D eigenvalue weighted by Crippen LogP contribution is 2.22. The Morgan fingerprint density at radius 3 is 2.43 bits per heavy atom. The number of nitrogens with two attached hydrogens (primary N) is 1. The maximum Gasteiger partial charge on any atom is 0.279 e. The van der Waals surface area contributed by atoms with Crippen LogP contribution >= 0.6 is 15.9 Å². The monoisotopic (exact) mass is 347 g/mol. The van der Waals surface area contributed by atoms with Gasteiger partial charge in [-0.05, 0) is 47.5 Å². The van der Waals surface area contributed by atoms with Crippen molar-refractivity contribution in [2.75, 3.05) is 11.9 Å². The first kappa shape index (κ1) is 15.7. The van der Waals surface area contributed by atoms with E-state index in [9.17, 15) is 4.79 Å². The number of aryl methyl sites for hydroxylation is 2. The van der Waals surface area contributed by atoms with Gasteiger partial charge in [0.05, 0.1) is 5.69 Å². The third kappa shape index (κ3) is 4.99. The van der Waals surface area contributed by atoms with Crippen molar-refractivity contribution in [1.82, 2.24) is 0 Å². The van der Waals surface area contributed by atoms with Gasteiger partial charge in [0.1, 0.15) is 6.54 Å². The molecule has 0 radical (unpaired) electrons. The number of amides is 1. The topological polar surface area (TPSA) is 45.7 Å². The van der Waals surface area contributed by atoms with Crippen molar-refractivity contribution in [3.05, 3.63) is 63.6 Å². The first-order valence-electron chi connectivity index (χ1n) is 6.98. The number of quaternary nitrogens is 1. The number of nitrogens with one attached hydrogen (secondary N) is 1. The van der Waals surface area contributed by atoms with E-state index in [1.165, 1.54) is 11.1 Å². The minimum atomic E-state index is 0.00617. The van der Waals surface area contributed by atoms with Gasteiger partial charge in [-0.3, -0.25) is 4.79 Å². The molecule has 0 unspecified atom stereocenters. The molecule has 0 saturated heterocycles. The molecule has 0 atom stereocenters. The van der Waals surface area contributed by atoms with Crippen molar-refractivity contribution in [2.45, 2.75) is 20.4 Å². The van der Waals surface area contributed by atoms with Crippen LogP contribution in [0.4, 0.5) is 5.69 Å². The van der Waals surface area contributed by atoms with Crippen LogP contribution in [0.1, 0.15) is 16.7 Å². The third-order valence-corrected chi connectivity index (χ3v) is 3.89. The number of hydrogen-bond acceptors (Lipinski definition) is 1. The average molecular weight is 348 g/mol. The summed E-state index contributed by atoms with van der Waals surface area (Å²) in [4.78, 5) is 11.9. The lowest BCUT2D eigenvalue weighted by Crippen LogP contribution is -2.84. The van der Waals surface area contributed by atoms with Gasteiger partial charge in [-0.15, -0.1) is 0 Å². The zero-order valence-electron chi connectivity index (χ0n) is 12.3. The zero-order valence-corrected chi connectivity index (χ0v) is 13.9. The summed E-state index contributed by atoms with van der Waals surface area (Å²) in [5.41, 5.74) is 4.45. The number of hydrogen-bond donors (Lipinski definition) is 2. The molecule has 1 amide bonds. The highest BCUT2D eigenvalue weighted by atomic mass is 79.9. The maximum atomic E-state index is 11.9. The lowest BCUT2D eigenvalue weighted by molar-refractivity contribution is -0.659. The van der Waals surface area contributed by atoms with Crippen molar-refractivity contribution in [2.24, 2.45) is 0 Å². The fraction of sp³-hybridized carbons (Fsp3) is 0.235. The van der Waals surface area contributed by atoms with Gasteiger partial charge in [-0.2, -0.15) is 0 Å². The van der Waals surface area contributed by atoms with Gasteiger partial charge in [-0.25, -0.2) is 0 Å². The van der Waals surface area contributed by atoms with Gasteiger partial charge in [0.2, 0.25) is 0 Å². The molecular formula is C17H20BrN2O+. The number of halogens is 1. The van der Waals surface area contributed by atoms with Crippen LogP contribution in [0.2, 0.25) is 0 Å². The van der Waals surface area contributed by atoms with Crippen LogP contribution in [0.15, 0.2) is 46.9 Å². The normalized spacial score (nSPS) is 10.4. The summed E-state index contributed by atoms with van der Waals surface area (Å²) in [5.74, 6) is 0.00617. The first-order chi connectivity index (χ1) is 10.0. The number of carbonyl (C=O) groups excluding carboxylic acids is 1. The summed E-state index contributed by atoms with van der Waals surface area (Å²) >= 11 is 3.46. The van der Waals surface area contributed by atoms with E-state index in [0.29, 0.717) is 6.54 Å². The summed E-state index contributed by atoms with van der Waals surface area (Å²) < 4.78 is 0.911. The highest BCUT2D eigenvalue weighted by Gasteiger charge is 2.07. The van der Waals surface area contributed by atoms with E-state index >= 15 is 0 Å². The van der Waals surface area contributed by atoms with Crippen LogP contribution in [-0.4, -0.2) is 12.5 Å². The minimum absolute atomic E-state index is 0.00617. The number of rotatable bonds is 5. The smallest absolute Gasteiger partial charge is 0.279 e. The van der Waals surface area contributed by atoms with Gasteiger partial charge in [0.15, 0.2) is 6.54 Å². The third-order valence-electron chi connectivity index (χ3n) is 3.23. The molecule has 0 spiro atoms. The zero-order chi connectivity index (χ0) is 15.2. The van der Waals surface area contributed by atoms with E-state index in [0.717, 1.165) is 22.3 Å². The van der Waals surface area contributed by atoms with Gasteiger partial charge in [0, 0.05) is 10.0 Å². The molecule has 0 heterocycles. The van der Waals surface area contributed by atoms with Crippen LogP contribution in [0, 0.1) is 13.8 Å². The Balaban J connectivity index is 1.81. The molecule has 3 nitrogen and oxygen atoms in total. The minimum Gasteiger partial charge on any atom is -0.335 e. The summed E-state index contributed by atoms with van der Waals surface area (Å²) in [6, 6.07) is 14.3. The fourth-order valence-corrected chi connectivity index (χ4v) is 2.61. The first-order valence-corrected chi connectivity index (χ1v) is 7.77. The molecular weight excluding hydrogens is 328 g/mol. The highest BCUT2D eigenvalue weighted by molar-refractivity contribution is 9.10. The molecule has 0 saturated carbocycles. The predicted octanol–water partition coefficient (Wildman–Crippen LogP) is 2.77. The van der Waals surface area contributed by atoms with Crippen LogP contribution in [0.3, 0.4) is 0 Å². The molecule has 0 aliphatic heterocycles. The molecule has 0 aliphatic carbocycles. The van der Waals surface area contributed by atoms with Gasteiger partial charge < -0.3 is 10.6 Å². The Morgan fingerprint density at radius 1 is 1.10 bits per heavy atom. The predicted molar refractivity (Wildman–Crippen MR) is 89.2 cm³/mol. The summed E-state index contributed by atoms with van der Waals surface area (Å²) in [6.45, 7) is 5.31. The van der Waals surface area contributed by atoms with Crippen molar-refractivity contribution in [1.29, 1.82) is 0 Å². The van der Waals surface area contributed by atoms with Crippen molar-refractivity contribution >= 4 is 27.5 Å². The number of carbonyl (C=O) groups is 1. The Kier molecular flexibility index (Phi) is 5.53. The average Bonchev–Trinajstić information content (AvgIpc) is 2.44.